The van der Waals surface area contributed by atoms with Gasteiger partial charge in [-0.05, 0) is 51.2 Å². The summed E-state index contributed by atoms with van der Waals surface area (Å²) in [6.07, 6.45) is -2.80. The summed E-state index contributed by atoms with van der Waals surface area (Å²) in [4.78, 5) is 24.1. The topological polar surface area (TPSA) is 57.6 Å². The summed E-state index contributed by atoms with van der Waals surface area (Å²) in [6.45, 7) is 9.45. The lowest BCUT2D eigenvalue weighted by Crippen LogP contribution is -2.58. The fourth-order valence-corrected chi connectivity index (χ4v) is 5.52. The Kier molecular flexibility index (Phi) is 9.92. The van der Waals surface area contributed by atoms with Gasteiger partial charge in [0.1, 0.15) is 11.5 Å². The number of alkyl halides is 5. The number of hydrogen-bond acceptors (Lipinski definition) is 5. The highest BCUT2D eigenvalue weighted by Gasteiger charge is 2.47. The van der Waals surface area contributed by atoms with Gasteiger partial charge in [-0.25, -0.2) is 18.8 Å². The van der Waals surface area contributed by atoms with Gasteiger partial charge < -0.3 is 10.2 Å². The largest absolute Gasteiger partial charge is 0.417 e. The Balaban J connectivity index is 1.94. The van der Waals surface area contributed by atoms with E-state index in [0.29, 0.717) is 21.9 Å². The van der Waals surface area contributed by atoms with Crippen LogP contribution in [0.2, 0.25) is 0 Å². The molecule has 2 unspecified atom stereocenters. The second kappa shape index (κ2) is 12.6. The van der Waals surface area contributed by atoms with E-state index in [2.05, 4.69) is 15.3 Å². The van der Waals surface area contributed by atoms with Crippen LogP contribution in [-0.2, 0) is 0 Å². The average molecular weight is 583 g/mol. The number of piperidine rings is 1. The summed E-state index contributed by atoms with van der Waals surface area (Å²) in [5, 5.41) is 3.69. The summed E-state index contributed by atoms with van der Waals surface area (Å²) >= 11 is 1.32. The van der Waals surface area contributed by atoms with Crippen molar-refractivity contribution in [2.24, 2.45) is 10.9 Å². The van der Waals surface area contributed by atoms with Gasteiger partial charge in [-0.15, -0.1) is 11.3 Å². The van der Waals surface area contributed by atoms with Crippen LogP contribution in [-0.4, -0.2) is 53.2 Å². The van der Waals surface area contributed by atoms with Gasteiger partial charge in [0.05, 0.1) is 28.0 Å². The van der Waals surface area contributed by atoms with Crippen LogP contribution in [0.3, 0.4) is 0 Å². The number of allylic oxidation sites excluding steroid dienone is 3. The van der Waals surface area contributed by atoms with Crippen LogP contribution < -0.4 is 5.32 Å². The number of aromatic nitrogens is 1. The van der Waals surface area contributed by atoms with E-state index in [1.807, 2.05) is 38.1 Å². The van der Waals surface area contributed by atoms with Gasteiger partial charge in [0.15, 0.2) is 0 Å². The lowest BCUT2D eigenvalue weighted by atomic mass is 9.88. The molecule has 0 aliphatic carbocycles. The molecule has 218 valence electrons. The van der Waals surface area contributed by atoms with E-state index in [9.17, 15) is 26.7 Å². The molecule has 0 saturated carbocycles. The van der Waals surface area contributed by atoms with Crippen LogP contribution >= 0.6 is 11.3 Å². The second-order valence-electron chi connectivity index (χ2n) is 10.2. The molecule has 40 heavy (non-hydrogen) atoms. The van der Waals surface area contributed by atoms with E-state index in [1.165, 1.54) is 18.3 Å². The fraction of sp³-hybridized carbons (Fsp3) is 0.483. The molecule has 1 aromatic heterocycles. The number of aryl methyl sites for hydroxylation is 2. The van der Waals surface area contributed by atoms with Crippen LogP contribution in [0.25, 0.3) is 10.4 Å². The quantitative estimate of drug-likeness (QED) is 0.256. The minimum absolute atomic E-state index is 0.0349. The van der Waals surface area contributed by atoms with Crippen molar-refractivity contribution in [2.75, 3.05) is 13.1 Å². The van der Waals surface area contributed by atoms with Gasteiger partial charge in [-0.3, -0.25) is 4.79 Å². The summed E-state index contributed by atoms with van der Waals surface area (Å²) in [5.41, 5.74) is 1.72. The molecule has 2 heterocycles. The molecule has 1 fully saturated rings. The molecule has 1 N–H and O–H groups in total. The minimum atomic E-state index is -4.56. The number of amides is 1. The highest BCUT2D eigenvalue weighted by atomic mass is 32.1. The van der Waals surface area contributed by atoms with E-state index >= 15 is 0 Å². The minimum Gasteiger partial charge on any atom is -0.368 e. The number of nitrogens with zero attached hydrogens (tertiary/aromatic N) is 3. The summed E-state index contributed by atoms with van der Waals surface area (Å²) in [6, 6.07) is 6.89. The monoisotopic (exact) mass is 582 g/mol. The Labute approximate surface area is 235 Å². The molecule has 5 nitrogen and oxygen atoms in total. The van der Waals surface area contributed by atoms with Crippen molar-refractivity contribution in [1.29, 1.82) is 0 Å². The van der Waals surface area contributed by atoms with Crippen molar-refractivity contribution in [3.63, 3.8) is 0 Å². The highest BCUT2D eigenvalue weighted by molar-refractivity contribution is 7.15. The number of likely N-dealkylation sites (tertiary alicyclic amines) is 1. The van der Waals surface area contributed by atoms with Crippen molar-refractivity contribution in [2.45, 2.75) is 72.5 Å². The van der Waals surface area contributed by atoms with Gasteiger partial charge in [-0.2, -0.15) is 13.2 Å². The summed E-state index contributed by atoms with van der Waals surface area (Å²) < 4.78 is 69.2. The normalized spacial score (nSPS) is 20.6. The molecule has 0 spiro atoms. The third-order valence-electron chi connectivity index (χ3n) is 6.98. The van der Waals surface area contributed by atoms with Gasteiger partial charge in [-0.1, -0.05) is 49.8 Å². The molecule has 3 rings (SSSR count). The van der Waals surface area contributed by atoms with Crippen LogP contribution in [0.4, 0.5) is 22.0 Å². The smallest absolute Gasteiger partial charge is 0.368 e. The van der Waals surface area contributed by atoms with Crippen LogP contribution in [0.15, 0.2) is 52.3 Å². The Morgan fingerprint density at radius 2 is 1.90 bits per heavy atom. The Morgan fingerprint density at radius 3 is 2.48 bits per heavy atom. The summed E-state index contributed by atoms with van der Waals surface area (Å²) in [5.74, 6) is -4.08. The maximum atomic E-state index is 14.8. The zero-order valence-electron chi connectivity index (χ0n) is 23.5. The molecule has 2 aromatic rings. The van der Waals surface area contributed by atoms with Crippen molar-refractivity contribution in [3.8, 4) is 10.4 Å². The molecular formula is C29H35F5N4OS. The average Bonchev–Trinajstić information content (AvgIpc) is 3.26. The number of thiazole rings is 1. The van der Waals surface area contributed by atoms with Crippen molar-refractivity contribution in [1.82, 2.24) is 15.2 Å². The highest BCUT2D eigenvalue weighted by Crippen LogP contribution is 2.37. The van der Waals surface area contributed by atoms with Crippen LogP contribution in [0.5, 0.6) is 0 Å². The number of aliphatic imine (C=N–C) groups is 1. The molecule has 0 bridgehead atoms. The van der Waals surface area contributed by atoms with Crippen molar-refractivity contribution in [3.05, 3.63) is 63.6 Å². The SMILES string of the molecule is C\C=C(/C=N\C(NCC1C(C)CC(F)(F)CN1C(=O)c1nc(C)sc1-c1ccc(C)cc1)=C(\C)CC)C(F)(F)F. The molecule has 1 amide bonds. The lowest BCUT2D eigenvalue weighted by molar-refractivity contribution is -0.0913. The number of carbonyl (C=O) groups excluding carboxylic acids is 1. The predicted molar refractivity (Wildman–Crippen MR) is 150 cm³/mol. The van der Waals surface area contributed by atoms with Gasteiger partial charge in [0.25, 0.3) is 11.8 Å². The maximum absolute atomic E-state index is 14.8. The molecule has 11 heteroatoms. The van der Waals surface area contributed by atoms with E-state index < -0.39 is 48.5 Å². The van der Waals surface area contributed by atoms with E-state index in [4.69, 9.17) is 0 Å². The van der Waals surface area contributed by atoms with Gasteiger partial charge in [0.2, 0.25) is 0 Å². The Morgan fingerprint density at radius 1 is 1.25 bits per heavy atom. The second-order valence-corrected chi connectivity index (χ2v) is 11.4. The number of nitrogens with one attached hydrogen (secondary N) is 1. The maximum Gasteiger partial charge on any atom is 0.417 e. The predicted octanol–water partition coefficient (Wildman–Crippen LogP) is 7.72. The van der Waals surface area contributed by atoms with E-state index in [-0.39, 0.29) is 18.1 Å². The fourth-order valence-electron chi connectivity index (χ4n) is 4.61. The molecule has 2 atom stereocenters. The van der Waals surface area contributed by atoms with Crippen LogP contribution in [0, 0.1) is 19.8 Å². The Hall–Kier alpha value is -3.08. The number of hydrogen-bond donors (Lipinski definition) is 1. The molecular weight excluding hydrogens is 547 g/mol. The first-order valence-corrected chi connectivity index (χ1v) is 13.9. The standard InChI is InChI=1S/C29H35F5N4OS/c1-7-18(4)26(35-14-22(8-2)29(32,33)34)36-15-23-19(5)13-28(30,31)16-38(23)27(39)24-25(40-20(6)37-24)21-11-9-17(3)10-12-21/h8-12,14,19,23,36H,7,13,15-16H2,1-6H3/b22-8+,26-18+,35-14-. The molecule has 1 aliphatic rings. The lowest BCUT2D eigenvalue weighted by Gasteiger charge is -2.43. The van der Waals surface area contributed by atoms with Gasteiger partial charge in [0, 0.05) is 19.2 Å². The first kappa shape index (κ1) is 31.4. The molecule has 1 saturated heterocycles. The third kappa shape index (κ3) is 7.56. The first-order valence-electron chi connectivity index (χ1n) is 13.1. The number of halogens is 5. The zero-order valence-corrected chi connectivity index (χ0v) is 24.3. The van der Waals surface area contributed by atoms with Crippen molar-refractivity contribution < 1.29 is 26.7 Å². The van der Waals surface area contributed by atoms with Crippen molar-refractivity contribution >= 4 is 23.5 Å². The molecule has 1 aliphatic heterocycles. The summed E-state index contributed by atoms with van der Waals surface area (Å²) in [7, 11) is 0. The van der Waals surface area contributed by atoms with E-state index in [1.54, 1.807) is 20.8 Å². The van der Waals surface area contributed by atoms with Gasteiger partial charge >= 0.3 is 6.18 Å². The molecule has 0 radical (unpaired) electrons. The third-order valence-corrected chi connectivity index (χ3v) is 7.99. The molecule has 1 aromatic carbocycles. The zero-order chi connectivity index (χ0) is 29.8. The first-order chi connectivity index (χ1) is 18.7. The number of carbonyl (C=O) groups is 1. The number of benzene rings is 1. The van der Waals surface area contributed by atoms with Crippen LogP contribution in [0.1, 0.15) is 61.6 Å². The number of rotatable bonds is 8. The Bertz CT molecular complexity index is 1290. The van der Waals surface area contributed by atoms with E-state index in [0.717, 1.165) is 28.3 Å².